The average Bonchev–Trinajstić information content (AvgIpc) is 3.53. The number of thiazole rings is 1. The second-order valence-electron chi connectivity index (χ2n) is 8.53. The summed E-state index contributed by atoms with van der Waals surface area (Å²) in [6.07, 6.45) is 2.07. The monoisotopic (exact) mass is 461 g/mol. The molecule has 2 fully saturated rings. The Balaban J connectivity index is 1.13. The molecule has 3 amide bonds. The van der Waals surface area contributed by atoms with E-state index in [1.165, 1.54) is 0 Å². The molecule has 2 aromatic carbocycles. The van der Waals surface area contributed by atoms with Gasteiger partial charge in [0.15, 0.2) is 0 Å². The highest BCUT2D eigenvalue weighted by molar-refractivity contribution is 7.13. The van der Waals surface area contributed by atoms with Gasteiger partial charge >= 0.3 is 6.03 Å². The van der Waals surface area contributed by atoms with Gasteiger partial charge in [0.2, 0.25) is 0 Å². The molecule has 1 aromatic heterocycles. The number of aromatic nitrogens is 1. The van der Waals surface area contributed by atoms with Crippen LogP contribution in [0.3, 0.4) is 0 Å². The van der Waals surface area contributed by atoms with Crippen LogP contribution in [0.5, 0.6) is 0 Å². The fourth-order valence-corrected chi connectivity index (χ4v) is 4.74. The van der Waals surface area contributed by atoms with Crippen molar-refractivity contribution >= 4 is 29.0 Å². The molecule has 5 rings (SSSR count). The third-order valence-electron chi connectivity index (χ3n) is 5.90. The van der Waals surface area contributed by atoms with E-state index in [2.05, 4.69) is 33.0 Å². The molecule has 0 spiro atoms. The van der Waals surface area contributed by atoms with E-state index in [1.54, 1.807) is 29.5 Å². The quantitative estimate of drug-likeness (QED) is 0.581. The SMILES string of the molecule is O=C(Nc1cccc(C(=O)N2CCN(Cc3csc(-c4ccccc4)n3)CC2)c1)NC1CC1. The van der Waals surface area contributed by atoms with Crippen LogP contribution in [0.4, 0.5) is 10.5 Å². The fraction of sp³-hybridized carbons (Fsp3) is 0.320. The highest BCUT2D eigenvalue weighted by atomic mass is 32.1. The number of hydrogen-bond donors (Lipinski definition) is 2. The van der Waals surface area contributed by atoms with E-state index in [9.17, 15) is 9.59 Å². The summed E-state index contributed by atoms with van der Waals surface area (Å²) in [5, 5.41) is 8.88. The molecule has 2 aliphatic rings. The molecule has 0 atom stereocenters. The molecule has 1 aliphatic heterocycles. The average molecular weight is 462 g/mol. The van der Waals surface area contributed by atoms with Crippen molar-refractivity contribution < 1.29 is 9.59 Å². The Morgan fingerprint density at radius 1 is 1.00 bits per heavy atom. The largest absolute Gasteiger partial charge is 0.336 e. The molecule has 2 N–H and O–H groups in total. The summed E-state index contributed by atoms with van der Waals surface area (Å²) >= 11 is 1.67. The number of benzene rings is 2. The Morgan fingerprint density at radius 2 is 1.79 bits per heavy atom. The standard InChI is InChI=1S/C25H27N5O2S/c31-24(19-7-4-8-21(15-19)28-25(32)27-20-9-10-20)30-13-11-29(12-14-30)16-22-17-33-23(26-22)18-5-2-1-3-6-18/h1-8,15,17,20H,9-14,16H2,(H2,27,28,32). The first-order chi connectivity index (χ1) is 16.1. The van der Waals surface area contributed by atoms with Crippen molar-refractivity contribution in [2.75, 3.05) is 31.5 Å². The van der Waals surface area contributed by atoms with Crippen LogP contribution in [0.2, 0.25) is 0 Å². The highest BCUT2D eigenvalue weighted by Crippen LogP contribution is 2.24. The van der Waals surface area contributed by atoms with E-state index in [0.717, 1.165) is 48.7 Å². The van der Waals surface area contributed by atoms with Crippen molar-refractivity contribution in [3.63, 3.8) is 0 Å². The molecule has 1 aliphatic carbocycles. The Bertz CT molecular complexity index is 1120. The number of urea groups is 1. The molecule has 0 unspecified atom stereocenters. The van der Waals surface area contributed by atoms with Gasteiger partial charge in [0, 0.05) is 61.0 Å². The first kappa shape index (κ1) is 21.6. The summed E-state index contributed by atoms with van der Waals surface area (Å²) in [7, 11) is 0. The molecule has 3 aromatic rings. The first-order valence-electron chi connectivity index (χ1n) is 11.3. The summed E-state index contributed by atoms with van der Waals surface area (Å²) in [4.78, 5) is 34.0. The van der Waals surface area contributed by atoms with Crippen molar-refractivity contribution in [1.82, 2.24) is 20.1 Å². The number of nitrogens with one attached hydrogen (secondary N) is 2. The van der Waals surface area contributed by atoms with Gasteiger partial charge in [0.25, 0.3) is 5.91 Å². The predicted octanol–water partition coefficient (Wildman–Crippen LogP) is 4.05. The Labute approximate surface area is 197 Å². The molecular weight excluding hydrogens is 434 g/mol. The van der Waals surface area contributed by atoms with Gasteiger partial charge < -0.3 is 15.5 Å². The molecular formula is C25H27N5O2S. The van der Waals surface area contributed by atoms with Crippen molar-refractivity contribution in [1.29, 1.82) is 0 Å². The predicted molar refractivity (Wildman–Crippen MR) is 130 cm³/mol. The van der Waals surface area contributed by atoms with Crippen LogP contribution in [0.15, 0.2) is 60.0 Å². The molecule has 8 heteroatoms. The molecule has 2 heterocycles. The molecule has 0 bridgehead atoms. The van der Waals surface area contributed by atoms with E-state index < -0.39 is 0 Å². The highest BCUT2D eigenvalue weighted by Gasteiger charge is 2.24. The van der Waals surface area contributed by atoms with Crippen molar-refractivity contribution in [2.24, 2.45) is 0 Å². The van der Waals surface area contributed by atoms with Gasteiger partial charge in [-0.15, -0.1) is 11.3 Å². The Morgan fingerprint density at radius 3 is 2.55 bits per heavy atom. The van der Waals surface area contributed by atoms with E-state index in [0.29, 0.717) is 30.4 Å². The van der Waals surface area contributed by atoms with Crippen LogP contribution in [-0.2, 0) is 6.54 Å². The minimum Gasteiger partial charge on any atom is -0.336 e. The zero-order valence-electron chi connectivity index (χ0n) is 18.4. The minimum atomic E-state index is -0.215. The zero-order valence-corrected chi connectivity index (χ0v) is 19.2. The summed E-state index contributed by atoms with van der Waals surface area (Å²) in [6.45, 7) is 3.76. The van der Waals surface area contributed by atoms with Crippen molar-refractivity contribution in [3.8, 4) is 10.6 Å². The molecule has 7 nitrogen and oxygen atoms in total. The van der Waals surface area contributed by atoms with Gasteiger partial charge in [0.05, 0.1) is 5.69 Å². The van der Waals surface area contributed by atoms with Crippen molar-refractivity contribution in [2.45, 2.75) is 25.4 Å². The lowest BCUT2D eigenvalue weighted by Gasteiger charge is -2.34. The van der Waals surface area contributed by atoms with Crippen LogP contribution < -0.4 is 10.6 Å². The van der Waals surface area contributed by atoms with E-state index in [-0.39, 0.29) is 11.9 Å². The maximum Gasteiger partial charge on any atom is 0.319 e. The maximum absolute atomic E-state index is 13.0. The molecule has 33 heavy (non-hydrogen) atoms. The summed E-state index contributed by atoms with van der Waals surface area (Å²) in [6, 6.07) is 17.5. The number of nitrogens with zero attached hydrogens (tertiary/aromatic N) is 3. The van der Waals surface area contributed by atoms with Crippen LogP contribution in [0.25, 0.3) is 10.6 Å². The van der Waals surface area contributed by atoms with Gasteiger partial charge in [-0.1, -0.05) is 36.4 Å². The zero-order chi connectivity index (χ0) is 22.6. The van der Waals surface area contributed by atoms with E-state index >= 15 is 0 Å². The van der Waals surface area contributed by atoms with Crippen LogP contribution in [0.1, 0.15) is 28.9 Å². The van der Waals surface area contributed by atoms with Gasteiger partial charge in [-0.25, -0.2) is 9.78 Å². The molecule has 170 valence electrons. The third-order valence-corrected chi connectivity index (χ3v) is 6.84. The third kappa shape index (κ3) is 5.58. The number of rotatable bonds is 6. The number of carbonyl (C=O) groups is 2. The number of anilines is 1. The van der Waals surface area contributed by atoms with E-state index in [1.807, 2.05) is 29.2 Å². The second kappa shape index (κ2) is 9.72. The Hall–Kier alpha value is -3.23. The fourth-order valence-electron chi connectivity index (χ4n) is 3.92. The van der Waals surface area contributed by atoms with Crippen LogP contribution in [0, 0.1) is 0 Å². The lowest BCUT2D eigenvalue weighted by atomic mass is 10.1. The topological polar surface area (TPSA) is 77.6 Å². The first-order valence-corrected chi connectivity index (χ1v) is 12.2. The number of amides is 3. The lowest BCUT2D eigenvalue weighted by Crippen LogP contribution is -2.48. The molecule has 1 saturated heterocycles. The van der Waals surface area contributed by atoms with Gasteiger partial charge in [-0.05, 0) is 31.0 Å². The number of carbonyl (C=O) groups excluding carboxylic acids is 2. The molecule has 0 radical (unpaired) electrons. The summed E-state index contributed by atoms with van der Waals surface area (Å²) in [5.74, 6) is 0.000855. The summed E-state index contributed by atoms with van der Waals surface area (Å²) < 4.78 is 0. The number of hydrogen-bond acceptors (Lipinski definition) is 5. The van der Waals surface area contributed by atoms with Crippen LogP contribution >= 0.6 is 11.3 Å². The van der Waals surface area contributed by atoms with Gasteiger partial charge in [0.1, 0.15) is 5.01 Å². The van der Waals surface area contributed by atoms with Gasteiger partial charge in [-0.2, -0.15) is 0 Å². The minimum absolute atomic E-state index is 0.000855. The summed E-state index contributed by atoms with van der Waals surface area (Å²) in [5.41, 5.74) is 3.45. The second-order valence-corrected chi connectivity index (χ2v) is 9.39. The van der Waals surface area contributed by atoms with Gasteiger partial charge in [-0.3, -0.25) is 9.69 Å². The number of piperazine rings is 1. The smallest absolute Gasteiger partial charge is 0.319 e. The lowest BCUT2D eigenvalue weighted by molar-refractivity contribution is 0.0627. The maximum atomic E-state index is 13.0. The molecule has 1 saturated carbocycles. The Kier molecular flexibility index (Phi) is 6.37. The normalized spacial score (nSPS) is 16.4. The van der Waals surface area contributed by atoms with Crippen molar-refractivity contribution in [3.05, 3.63) is 71.2 Å². The van der Waals surface area contributed by atoms with Crippen LogP contribution in [-0.4, -0.2) is 58.9 Å². The van der Waals surface area contributed by atoms with E-state index in [4.69, 9.17) is 4.98 Å².